The van der Waals surface area contributed by atoms with E-state index in [9.17, 15) is 4.79 Å². The lowest BCUT2D eigenvalue weighted by atomic mass is 9.91. The number of hydrogen-bond acceptors (Lipinski definition) is 3. The van der Waals surface area contributed by atoms with Gasteiger partial charge in [-0.1, -0.05) is 0 Å². The van der Waals surface area contributed by atoms with Crippen molar-refractivity contribution in [3.63, 3.8) is 0 Å². The van der Waals surface area contributed by atoms with Gasteiger partial charge in [-0.25, -0.2) is 0 Å². The predicted molar refractivity (Wildman–Crippen MR) is 69.8 cm³/mol. The topological polar surface area (TPSA) is 46.5 Å². The standard InChI is InChI=1S/C13H18O3S/c1-13(2,12(14)15)8-9-17-11-6-4-10(16-3)5-7-11/h4-7H,8-9H2,1-3H3,(H,14,15). The number of rotatable bonds is 6. The quantitative estimate of drug-likeness (QED) is 0.791. The molecular weight excluding hydrogens is 236 g/mol. The molecule has 1 aromatic rings. The van der Waals surface area contributed by atoms with Gasteiger partial charge in [-0.05, 0) is 50.3 Å². The Morgan fingerprint density at radius 3 is 2.41 bits per heavy atom. The van der Waals surface area contributed by atoms with E-state index >= 15 is 0 Å². The molecule has 17 heavy (non-hydrogen) atoms. The predicted octanol–water partition coefficient (Wildman–Crippen LogP) is 3.29. The van der Waals surface area contributed by atoms with Crippen LogP contribution in [0.1, 0.15) is 20.3 Å². The minimum absolute atomic E-state index is 0.652. The molecule has 0 fully saturated rings. The molecule has 0 spiro atoms. The molecule has 3 nitrogen and oxygen atoms in total. The van der Waals surface area contributed by atoms with E-state index in [4.69, 9.17) is 9.84 Å². The Morgan fingerprint density at radius 1 is 1.35 bits per heavy atom. The Bertz CT molecular complexity index is 371. The highest BCUT2D eigenvalue weighted by molar-refractivity contribution is 7.99. The molecule has 0 atom stereocenters. The van der Waals surface area contributed by atoms with Crippen LogP contribution in [0, 0.1) is 5.41 Å². The fourth-order valence-corrected chi connectivity index (χ4v) is 2.38. The largest absolute Gasteiger partial charge is 0.497 e. The van der Waals surface area contributed by atoms with Crippen molar-refractivity contribution in [3.8, 4) is 5.75 Å². The summed E-state index contributed by atoms with van der Waals surface area (Å²) in [5.74, 6) is 0.888. The van der Waals surface area contributed by atoms with Gasteiger partial charge >= 0.3 is 5.97 Å². The van der Waals surface area contributed by atoms with Crippen molar-refractivity contribution >= 4 is 17.7 Å². The van der Waals surface area contributed by atoms with Crippen LogP contribution in [0.3, 0.4) is 0 Å². The van der Waals surface area contributed by atoms with E-state index in [0.29, 0.717) is 6.42 Å². The first-order valence-corrected chi connectivity index (χ1v) is 6.44. The molecule has 0 aliphatic rings. The van der Waals surface area contributed by atoms with Crippen molar-refractivity contribution < 1.29 is 14.6 Å². The molecule has 0 bridgehead atoms. The van der Waals surface area contributed by atoms with Crippen molar-refractivity contribution in [2.24, 2.45) is 5.41 Å². The summed E-state index contributed by atoms with van der Waals surface area (Å²) < 4.78 is 5.07. The van der Waals surface area contributed by atoms with Gasteiger partial charge in [-0.15, -0.1) is 11.8 Å². The van der Waals surface area contributed by atoms with Crippen molar-refractivity contribution in [3.05, 3.63) is 24.3 Å². The third-order valence-corrected chi connectivity index (χ3v) is 3.65. The Balaban J connectivity index is 2.43. The van der Waals surface area contributed by atoms with Gasteiger partial charge in [-0.3, -0.25) is 4.79 Å². The molecule has 1 rings (SSSR count). The van der Waals surface area contributed by atoms with Crippen LogP contribution in [-0.2, 0) is 4.79 Å². The zero-order valence-electron chi connectivity index (χ0n) is 10.4. The minimum Gasteiger partial charge on any atom is -0.497 e. The van der Waals surface area contributed by atoms with Crippen molar-refractivity contribution in [1.82, 2.24) is 0 Å². The zero-order valence-corrected chi connectivity index (χ0v) is 11.2. The summed E-state index contributed by atoms with van der Waals surface area (Å²) in [7, 11) is 1.64. The van der Waals surface area contributed by atoms with Gasteiger partial charge in [-0.2, -0.15) is 0 Å². The van der Waals surface area contributed by atoms with Gasteiger partial charge in [0, 0.05) is 4.90 Å². The van der Waals surface area contributed by atoms with Crippen LogP contribution in [0.2, 0.25) is 0 Å². The first-order chi connectivity index (χ1) is 7.95. The lowest BCUT2D eigenvalue weighted by Gasteiger charge is -2.18. The molecule has 0 unspecified atom stereocenters. The van der Waals surface area contributed by atoms with Crippen LogP contribution in [0.5, 0.6) is 5.75 Å². The van der Waals surface area contributed by atoms with Crippen LogP contribution >= 0.6 is 11.8 Å². The molecule has 0 aliphatic heterocycles. The monoisotopic (exact) mass is 254 g/mol. The van der Waals surface area contributed by atoms with Gasteiger partial charge in [0.25, 0.3) is 0 Å². The molecule has 0 aromatic heterocycles. The molecule has 0 heterocycles. The van der Waals surface area contributed by atoms with E-state index < -0.39 is 11.4 Å². The van der Waals surface area contributed by atoms with E-state index in [1.165, 1.54) is 0 Å². The second kappa shape index (κ2) is 5.96. The molecule has 1 aromatic carbocycles. The number of carboxylic acid groups (broad SMARTS) is 1. The average Bonchev–Trinajstić information content (AvgIpc) is 2.29. The fraction of sp³-hybridized carbons (Fsp3) is 0.462. The number of carbonyl (C=O) groups is 1. The molecular formula is C13H18O3S. The van der Waals surface area contributed by atoms with E-state index in [2.05, 4.69) is 0 Å². The summed E-state index contributed by atoms with van der Waals surface area (Å²) in [5, 5.41) is 8.98. The van der Waals surface area contributed by atoms with E-state index in [1.807, 2.05) is 24.3 Å². The maximum atomic E-state index is 10.9. The Hall–Kier alpha value is -1.16. The Morgan fingerprint density at radius 2 is 1.94 bits per heavy atom. The molecule has 94 valence electrons. The molecule has 0 radical (unpaired) electrons. The second-order valence-electron chi connectivity index (χ2n) is 4.46. The van der Waals surface area contributed by atoms with Crippen LogP contribution in [0.4, 0.5) is 0 Å². The molecule has 0 saturated heterocycles. The SMILES string of the molecule is COc1ccc(SCCC(C)(C)C(=O)O)cc1. The van der Waals surface area contributed by atoms with Crippen LogP contribution < -0.4 is 4.74 Å². The number of hydrogen-bond donors (Lipinski definition) is 1. The van der Waals surface area contributed by atoms with Gasteiger partial charge in [0.15, 0.2) is 0 Å². The first-order valence-electron chi connectivity index (χ1n) is 5.46. The molecule has 0 aliphatic carbocycles. The first kappa shape index (κ1) is 13.9. The van der Waals surface area contributed by atoms with Crippen molar-refractivity contribution in [1.29, 1.82) is 0 Å². The second-order valence-corrected chi connectivity index (χ2v) is 5.63. The zero-order chi connectivity index (χ0) is 12.9. The number of carboxylic acids is 1. The summed E-state index contributed by atoms with van der Waals surface area (Å²) in [6, 6.07) is 7.78. The smallest absolute Gasteiger partial charge is 0.309 e. The van der Waals surface area contributed by atoms with Crippen LogP contribution in [0.25, 0.3) is 0 Å². The fourth-order valence-electron chi connectivity index (χ4n) is 1.20. The third-order valence-electron chi connectivity index (χ3n) is 2.63. The van der Waals surface area contributed by atoms with E-state index in [0.717, 1.165) is 16.4 Å². The number of benzene rings is 1. The average molecular weight is 254 g/mol. The summed E-state index contributed by atoms with van der Waals surface area (Å²) >= 11 is 1.67. The van der Waals surface area contributed by atoms with Crippen molar-refractivity contribution in [2.75, 3.05) is 12.9 Å². The maximum absolute atomic E-state index is 10.9. The van der Waals surface area contributed by atoms with Gasteiger partial charge in [0.2, 0.25) is 0 Å². The third kappa shape index (κ3) is 4.30. The van der Waals surface area contributed by atoms with Crippen LogP contribution in [-0.4, -0.2) is 23.9 Å². The van der Waals surface area contributed by atoms with E-state index in [1.54, 1.807) is 32.7 Å². The molecule has 4 heteroatoms. The summed E-state index contributed by atoms with van der Waals surface area (Å²) in [4.78, 5) is 12.1. The number of ether oxygens (including phenoxy) is 1. The number of methoxy groups -OCH3 is 1. The highest BCUT2D eigenvalue weighted by atomic mass is 32.2. The molecule has 0 amide bonds. The number of thioether (sulfide) groups is 1. The Labute approximate surface area is 106 Å². The van der Waals surface area contributed by atoms with Gasteiger partial charge in [0.05, 0.1) is 12.5 Å². The van der Waals surface area contributed by atoms with Crippen LogP contribution in [0.15, 0.2) is 29.2 Å². The van der Waals surface area contributed by atoms with Gasteiger partial charge in [0.1, 0.15) is 5.75 Å². The summed E-state index contributed by atoms with van der Waals surface area (Å²) in [5.41, 5.74) is -0.653. The molecule has 1 N–H and O–H groups in total. The van der Waals surface area contributed by atoms with Crippen molar-refractivity contribution in [2.45, 2.75) is 25.2 Å². The van der Waals surface area contributed by atoms with E-state index in [-0.39, 0.29) is 0 Å². The highest BCUT2D eigenvalue weighted by Crippen LogP contribution is 2.27. The minimum atomic E-state index is -0.743. The van der Waals surface area contributed by atoms with Gasteiger partial charge < -0.3 is 9.84 Å². The summed E-state index contributed by atoms with van der Waals surface area (Å²) in [6.07, 6.45) is 0.652. The lowest BCUT2D eigenvalue weighted by Crippen LogP contribution is -2.24. The maximum Gasteiger partial charge on any atom is 0.309 e. The molecule has 0 saturated carbocycles. The Kier molecular flexibility index (Phi) is 4.87. The lowest BCUT2D eigenvalue weighted by molar-refractivity contribution is -0.146. The normalized spacial score (nSPS) is 11.2. The highest BCUT2D eigenvalue weighted by Gasteiger charge is 2.26. The summed E-state index contributed by atoms with van der Waals surface area (Å²) in [6.45, 7) is 3.51. The number of aliphatic carboxylic acids is 1.